The lowest BCUT2D eigenvalue weighted by Crippen LogP contribution is -2.46. The Balaban J connectivity index is 2.25. The molecule has 2 saturated carbocycles. The lowest BCUT2D eigenvalue weighted by atomic mass is 9.58. The number of carboxylic acids is 2. The summed E-state index contributed by atoms with van der Waals surface area (Å²) in [5.41, 5.74) is 0. The largest absolute Gasteiger partial charge is 0.481 e. The number of rotatable bonds is 2. The zero-order valence-electron chi connectivity index (χ0n) is 10.1. The minimum Gasteiger partial charge on any atom is -0.481 e. The zero-order chi connectivity index (χ0) is 12.6. The molecular weight excluding hydrogens is 220 g/mol. The van der Waals surface area contributed by atoms with Gasteiger partial charge in [0, 0.05) is 0 Å². The maximum Gasteiger partial charge on any atom is 0.307 e. The number of hydrogen-bond acceptors (Lipinski definition) is 2. The molecule has 4 nitrogen and oxygen atoms in total. The fourth-order valence-corrected chi connectivity index (χ4v) is 3.99. The van der Waals surface area contributed by atoms with E-state index in [0.717, 1.165) is 25.7 Å². The topological polar surface area (TPSA) is 74.6 Å². The summed E-state index contributed by atoms with van der Waals surface area (Å²) in [7, 11) is 0. The summed E-state index contributed by atoms with van der Waals surface area (Å²) in [6.07, 6.45) is 4.39. The second-order valence-electron chi connectivity index (χ2n) is 5.63. The molecule has 4 heteroatoms. The molecule has 0 aliphatic heterocycles. The van der Waals surface area contributed by atoms with Crippen molar-refractivity contribution >= 4 is 11.9 Å². The summed E-state index contributed by atoms with van der Waals surface area (Å²) in [6, 6.07) is 0. The van der Waals surface area contributed by atoms with E-state index >= 15 is 0 Å². The van der Waals surface area contributed by atoms with E-state index in [0.29, 0.717) is 6.42 Å². The van der Waals surface area contributed by atoms with Gasteiger partial charge in [-0.3, -0.25) is 9.59 Å². The Bertz CT molecular complexity index is 325. The fourth-order valence-electron chi connectivity index (χ4n) is 3.99. The van der Waals surface area contributed by atoms with Crippen LogP contribution in [0, 0.1) is 29.6 Å². The van der Waals surface area contributed by atoms with Crippen LogP contribution in [-0.4, -0.2) is 22.2 Å². The number of hydrogen-bond donors (Lipinski definition) is 2. The minimum absolute atomic E-state index is 0.0204. The van der Waals surface area contributed by atoms with Gasteiger partial charge in [-0.25, -0.2) is 0 Å². The molecule has 0 amide bonds. The monoisotopic (exact) mass is 240 g/mol. The van der Waals surface area contributed by atoms with Crippen LogP contribution in [0.5, 0.6) is 0 Å². The third-order valence-electron chi connectivity index (χ3n) is 4.69. The van der Waals surface area contributed by atoms with E-state index in [9.17, 15) is 19.8 Å². The molecule has 0 spiro atoms. The summed E-state index contributed by atoms with van der Waals surface area (Å²) in [6.45, 7) is 1.89. The van der Waals surface area contributed by atoms with Gasteiger partial charge < -0.3 is 10.2 Å². The van der Waals surface area contributed by atoms with E-state index in [1.54, 1.807) is 0 Å². The van der Waals surface area contributed by atoms with Crippen molar-refractivity contribution in [2.24, 2.45) is 29.6 Å². The summed E-state index contributed by atoms with van der Waals surface area (Å²) >= 11 is 0. The third-order valence-corrected chi connectivity index (χ3v) is 4.69. The second kappa shape index (κ2) is 4.67. The van der Waals surface area contributed by atoms with Gasteiger partial charge in [0.25, 0.3) is 0 Å². The Labute approximate surface area is 101 Å². The molecule has 0 aromatic rings. The molecule has 17 heavy (non-hydrogen) atoms. The first-order valence-corrected chi connectivity index (χ1v) is 6.48. The molecule has 2 fully saturated rings. The normalized spacial score (nSPS) is 41.6. The molecule has 0 saturated heterocycles. The van der Waals surface area contributed by atoms with Crippen molar-refractivity contribution in [3.63, 3.8) is 0 Å². The SMILES string of the molecule is CC1CC(C(=O)O)C2CCCCC2C1C(=O)O. The minimum atomic E-state index is -0.738. The molecule has 0 aromatic carbocycles. The number of aliphatic carboxylic acids is 2. The van der Waals surface area contributed by atoms with Crippen LogP contribution in [0.2, 0.25) is 0 Å². The van der Waals surface area contributed by atoms with Crippen molar-refractivity contribution in [1.29, 1.82) is 0 Å². The summed E-state index contributed by atoms with van der Waals surface area (Å²) in [4.78, 5) is 22.6. The van der Waals surface area contributed by atoms with E-state index in [1.165, 1.54) is 0 Å². The van der Waals surface area contributed by atoms with Crippen LogP contribution in [-0.2, 0) is 9.59 Å². The highest BCUT2D eigenvalue weighted by molar-refractivity contribution is 5.74. The van der Waals surface area contributed by atoms with E-state index in [4.69, 9.17) is 0 Å². The van der Waals surface area contributed by atoms with Gasteiger partial charge in [-0.1, -0.05) is 19.8 Å². The van der Waals surface area contributed by atoms with Crippen molar-refractivity contribution < 1.29 is 19.8 Å². The van der Waals surface area contributed by atoms with Crippen molar-refractivity contribution in [2.75, 3.05) is 0 Å². The molecule has 2 aliphatic rings. The van der Waals surface area contributed by atoms with Gasteiger partial charge >= 0.3 is 11.9 Å². The standard InChI is InChI=1S/C13H20O4/c1-7-6-10(12(14)15)8-4-2-3-5-9(8)11(7)13(16)17/h7-11H,2-6H2,1H3,(H,14,15)(H,16,17). The van der Waals surface area contributed by atoms with Gasteiger partial charge in [0.05, 0.1) is 11.8 Å². The molecule has 2 N–H and O–H groups in total. The van der Waals surface area contributed by atoms with Crippen molar-refractivity contribution in [1.82, 2.24) is 0 Å². The molecule has 0 heterocycles. The molecule has 5 atom stereocenters. The third kappa shape index (κ3) is 2.17. The Morgan fingerprint density at radius 2 is 1.59 bits per heavy atom. The molecule has 2 aliphatic carbocycles. The predicted molar refractivity (Wildman–Crippen MR) is 61.5 cm³/mol. The van der Waals surface area contributed by atoms with Crippen LogP contribution in [0.1, 0.15) is 39.0 Å². The lowest BCUT2D eigenvalue weighted by molar-refractivity contribution is -0.160. The number of carboxylic acid groups (broad SMARTS) is 2. The second-order valence-corrected chi connectivity index (χ2v) is 5.63. The van der Waals surface area contributed by atoms with Crippen molar-refractivity contribution in [3.8, 4) is 0 Å². The van der Waals surface area contributed by atoms with E-state index in [2.05, 4.69) is 0 Å². The lowest BCUT2D eigenvalue weighted by Gasteiger charge is -2.45. The van der Waals surface area contributed by atoms with Crippen molar-refractivity contribution in [2.45, 2.75) is 39.0 Å². The van der Waals surface area contributed by atoms with Gasteiger partial charge in [0.2, 0.25) is 0 Å². The molecule has 5 unspecified atom stereocenters. The zero-order valence-corrected chi connectivity index (χ0v) is 10.1. The van der Waals surface area contributed by atoms with Crippen LogP contribution in [0.3, 0.4) is 0 Å². The molecule has 0 aromatic heterocycles. The average molecular weight is 240 g/mol. The quantitative estimate of drug-likeness (QED) is 0.776. The highest BCUT2D eigenvalue weighted by Gasteiger charge is 2.49. The number of carbonyl (C=O) groups is 2. The summed E-state index contributed by atoms with van der Waals surface area (Å²) < 4.78 is 0. The Morgan fingerprint density at radius 3 is 2.12 bits per heavy atom. The highest BCUT2D eigenvalue weighted by Crippen LogP contribution is 2.49. The van der Waals surface area contributed by atoms with Gasteiger partial charge in [-0.2, -0.15) is 0 Å². The van der Waals surface area contributed by atoms with Crippen LogP contribution < -0.4 is 0 Å². The van der Waals surface area contributed by atoms with Crippen LogP contribution in [0.25, 0.3) is 0 Å². The van der Waals surface area contributed by atoms with Crippen LogP contribution >= 0.6 is 0 Å². The molecule has 0 bridgehead atoms. The van der Waals surface area contributed by atoms with Crippen molar-refractivity contribution in [3.05, 3.63) is 0 Å². The van der Waals surface area contributed by atoms with Gasteiger partial charge in [-0.05, 0) is 37.0 Å². The summed E-state index contributed by atoms with van der Waals surface area (Å²) in [5, 5.41) is 18.6. The maximum atomic E-state index is 11.3. The first kappa shape index (κ1) is 12.4. The number of fused-ring (bicyclic) bond motifs is 1. The average Bonchev–Trinajstić information content (AvgIpc) is 2.27. The predicted octanol–water partition coefficient (Wildman–Crippen LogP) is 2.23. The maximum absolute atomic E-state index is 11.3. The van der Waals surface area contributed by atoms with Gasteiger partial charge in [-0.15, -0.1) is 0 Å². The van der Waals surface area contributed by atoms with Crippen LogP contribution in [0.4, 0.5) is 0 Å². The smallest absolute Gasteiger partial charge is 0.307 e. The molecule has 96 valence electrons. The Morgan fingerprint density at radius 1 is 1.00 bits per heavy atom. The van der Waals surface area contributed by atoms with Gasteiger partial charge in [0.15, 0.2) is 0 Å². The van der Waals surface area contributed by atoms with Gasteiger partial charge in [0.1, 0.15) is 0 Å². The summed E-state index contributed by atoms with van der Waals surface area (Å²) in [5.74, 6) is -2.00. The van der Waals surface area contributed by atoms with E-state index in [-0.39, 0.29) is 29.6 Å². The fraction of sp³-hybridized carbons (Fsp3) is 0.846. The molecule has 0 radical (unpaired) electrons. The van der Waals surface area contributed by atoms with E-state index < -0.39 is 11.9 Å². The molecular formula is C13H20O4. The Hall–Kier alpha value is -1.06. The highest BCUT2D eigenvalue weighted by atomic mass is 16.4. The first-order valence-electron chi connectivity index (χ1n) is 6.48. The molecule has 2 rings (SSSR count). The van der Waals surface area contributed by atoms with E-state index in [1.807, 2.05) is 6.92 Å². The first-order chi connectivity index (χ1) is 8.02. The van der Waals surface area contributed by atoms with Crippen LogP contribution in [0.15, 0.2) is 0 Å². The Kier molecular flexibility index (Phi) is 3.40.